The summed E-state index contributed by atoms with van der Waals surface area (Å²) in [7, 11) is 0. The Morgan fingerprint density at radius 1 is 0.706 bits per heavy atom. The van der Waals surface area contributed by atoms with Crippen molar-refractivity contribution in [2.45, 2.75) is 30.7 Å². The first-order chi connectivity index (χ1) is 15.9. The third-order valence-electron chi connectivity index (χ3n) is 4.88. The van der Waals surface area contributed by atoms with Gasteiger partial charge in [0.1, 0.15) is 31.0 Å². The maximum absolute atomic E-state index is 12.3. The number of phenols is 6. The number of hydrogen-bond donors (Lipinski definition) is 9. The monoisotopic (exact) mass is 484 g/mol. The summed E-state index contributed by atoms with van der Waals surface area (Å²) in [6.07, 6.45) is -9.09. The van der Waals surface area contributed by atoms with Gasteiger partial charge in [-0.05, 0) is 24.3 Å². The first-order valence-electron chi connectivity index (χ1n) is 9.48. The molecule has 1 fully saturated rings. The minimum absolute atomic E-state index is 0.381. The van der Waals surface area contributed by atoms with Crippen molar-refractivity contribution in [3.63, 3.8) is 0 Å². The van der Waals surface area contributed by atoms with Crippen LogP contribution in [-0.2, 0) is 14.2 Å². The molecular formula is C20H20O14. The van der Waals surface area contributed by atoms with Crippen LogP contribution < -0.4 is 0 Å². The van der Waals surface area contributed by atoms with Crippen LogP contribution in [0.2, 0.25) is 0 Å². The molecule has 9 N–H and O–H groups in total. The summed E-state index contributed by atoms with van der Waals surface area (Å²) in [6.45, 7) is -0.749. The lowest BCUT2D eigenvalue weighted by atomic mass is 9.99. The second-order valence-corrected chi connectivity index (χ2v) is 7.24. The van der Waals surface area contributed by atoms with Crippen molar-refractivity contribution < 1.29 is 69.8 Å². The zero-order chi connectivity index (χ0) is 25.3. The van der Waals surface area contributed by atoms with Gasteiger partial charge in [-0.25, -0.2) is 9.59 Å². The van der Waals surface area contributed by atoms with Crippen LogP contribution in [0, 0.1) is 0 Å². The zero-order valence-electron chi connectivity index (χ0n) is 17.0. The molecule has 0 saturated carbocycles. The van der Waals surface area contributed by atoms with E-state index >= 15 is 0 Å². The van der Waals surface area contributed by atoms with Crippen LogP contribution in [0.25, 0.3) is 0 Å². The number of carbonyl (C=O) groups is 2. The van der Waals surface area contributed by atoms with E-state index < -0.39 is 89.3 Å². The highest BCUT2D eigenvalue weighted by Gasteiger charge is 2.46. The van der Waals surface area contributed by atoms with Crippen LogP contribution in [0.1, 0.15) is 20.7 Å². The first kappa shape index (κ1) is 24.7. The van der Waals surface area contributed by atoms with Crippen LogP contribution >= 0.6 is 0 Å². The van der Waals surface area contributed by atoms with E-state index in [1.54, 1.807) is 0 Å². The molecule has 34 heavy (non-hydrogen) atoms. The number of phenolic OH excluding ortho intramolecular Hbond substituents is 6. The maximum Gasteiger partial charge on any atom is 0.340 e. The molecule has 2 aromatic rings. The van der Waals surface area contributed by atoms with Gasteiger partial charge in [0.2, 0.25) is 6.29 Å². The summed E-state index contributed by atoms with van der Waals surface area (Å²) in [5.41, 5.74) is -0.840. The van der Waals surface area contributed by atoms with Gasteiger partial charge < -0.3 is 60.2 Å². The van der Waals surface area contributed by atoms with E-state index in [1.807, 2.05) is 0 Å². The topological polar surface area (TPSA) is 244 Å². The fraction of sp³-hybridized carbons (Fsp3) is 0.300. The number of benzene rings is 2. The quantitative estimate of drug-likeness (QED) is 0.178. The molecular weight excluding hydrogens is 464 g/mol. The number of aliphatic hydroxyl groups is 3. The van der Waals surface area contributed by atoms with Crippen molar-refractivity contribution in [3.05, 3.63) is 35.4 Å². The minimum Gasteiger partial charge on any atom is -0.504 e. The molecule has 0 aliphatic carbocycles. The molecule has 14 heteroatoms. The third kappa shape index (κ3) is 4.84. The van der Waals surface area contributed by atoms with Crippen LogP contribution in [0.3, 0.4) is 0 Å². The number of ether oxygens (including phenoxy) is 3. The molecule has 0 spiro atoms. The lowest BCUT2D eigenvalue weighted by Gasteiger charge is -2.39. The molecule has 1 saturated heterocycles. The fourth-order valence-corrected chi connectivity index (χ4v) is 3.01. The zero-order valence-corrected chi connectivity index (χ0v) is 17.0. The largest absolute Gasteiger partial charge is 0.504 e. The van der Waals surface area contributed by atoms with Gasteiger partial charge >= 0.3 is 11.9 Å². The number of aliphatic hydroxyl groups excluding tert-OH is 3. The Morgan fingerprint density at radius 2 is 1.15 bits per heavy atom. The van der Waals surface area contributed by atoms with Crippen LogP contribution in [0.5, 0.6) is 34.5 Å². The van der Waals surface area contributed by atoms with Gasteiger partial charge in [0.25, 0.3) is 0 Å². The van der Waals surface area contributed by atoms with Crippen LogP contribution in [-0.4, -0.2) is 95.2 Å². The van der Waals surface area contributed by atoms with E-state index in [4.69, 9.17) is 14.2 Å². The van der Waals surface area contributed by atoms with Crippen molar-refractivity contribution in [2.75, 3.05) is 6.61 Å². The van der Waals surface area contributed by atoms with Gasteiger partial charge in [-0.3, -0.25) is 0 Å². The third-order valence-corrected chi connectivity index (χ3v) is 4.88. The van der Waals surface area contributed by atoms with E-state index in [9.17, 15) is 55.5 Å². The lowest BCUT2D eigenvalue weighted by molar-refractivity contribution is -0.285. The average Bonchev–Trinajstić information content (AvgIpc) is 2.79. The number of aromatic hydroxyl groups is 6. The van der Waals surface area contributed by atoms with Gasteiger partial charge in [0, 0.05) is 0 Å². The van der Waals surface area contributed by atoms with E-state index in [0.717, 1.165) is 24.3 Å². The van der Waals surface area contributed by atoms with Crippen molar-refractivity contribution in [1.29, 1.82) is 0 Å². The number of esters is 2. The number of carbonyl (C=O) groups excluding carboxylic acids is 2. The second-order valence-electron chi connectivity index (χ2n) is 7.24. The summed E-state index contributed by atoms with van der Waals surface area (Å²) >= 11 is 0. The molecule has 184 valence electrons. The number of hydrogen-bond acceptors (Lipinski definition) is 14. The molecule has 2 aromatic carbocycles. The maximum atomic E-state index is 12.3. The summed E-state index contributed by atoms with van der Waals surface area (Å²) in [6, 6.07) is 3.08. The van der Waals surface area contributed by atoms with Gasteiger partial charge in [0.15, 0.2) is 34.5 Å². The number of rotatable bonds is 5. The van der Waals surface area contributed by atoms with E-state index in [0.29, 0.717) is 0 Å². The van der Waals surface area contributed by atoms with Crippen LogP contribution in [0.4, 0.5) is 0 Å². The summed E-state index contributed by atoms with van der Waals surface area (Å²) in [5.74, 6) is -7.45. The second kappa shape index (κ2) is 9.48. The molecule has 14 nitrogen and oxygen atoms in total. The van der Waals surface area contributed by atoms with Gasteiger partial charge in [0.05, 0.1) is 11.1 Å². The van der Waals surface area contributed by atoms with Gasteiger partial charge in [-0.1, -0.05) is 0 Å². The lowest BCUT2D eigenvalue weighted by Crippen LogP contribution is -2.59. The highest BCUT2D eigenvalue weighted by molar-refractivity contribution is 5.91. The Balaban J connectivity index is 1.70. The molecule has 0 unspecified atom stereocenters. The normalized spacial score (nSPS) is 24.4. The molecule has 3 rings (SSSR count). The van der Waals surface area contributed by atoms with E-state index in [1.165, 1.54) is 0 Å². The Morgan fingerprint density at radius 3 is 1.62 bits per heavy atom. The molecule has 0 amide bonds. The average molecular weight is 484 g/mol. The Kier molecular flexibility index (Phi) is 6.88. The summed E-state index contributed by atoms with van der Waals surface area (Å²) in [4.78, 5) is 24.5. The molecule has 0 radical (unpaired) electrons. The van der Waals surface area contributed by atoms with Gasteiger partial charge in [-0.15, -0.1) is 0 Å². The van der Waals surface area contributed by atoms with Gasteiger partial charge in [-0.2, -0.15) is 0 Å². The Bertz CT molecular complexity index is 1050. The SMILES string of the molecule is O=C(OC[C@@H]1O[C@@H](OC(=O)c2cc(O)c(O)c(O)c2)[C@@H](O)[C@@H](O)[C@H]1O)c1cc(O)c(O)c(O)c1. The predicted molar refractivity (Wildman–Crippen MR) is 105 cm³/mol. The molecule has 0 aromatic heterocycles. The smallest absolute Gasteiger partial charge is 0.340 e. The summed E-state index contributed by atoms with van der Waals surface area (Å²) in [5, 5.41) is 86.9. The minimum atomic E-state index is -1.95. The molecule has 1 aliphatic rings. The van der Waals surface area contributed by atoms with Crippen molar-refractivity contribution in [1.82, 2.24) is 0 Å². The van der Waals surface area contributed by atoms with E-state index in [2.05, 4.69) is 0 Å². The molecule has 0 bridgehead atoms. The molecule has 5 atom stereocenters. The highest BCUT2D eigenvalue weighted by Crippen LogP contribution is 2.37. The first-order valence-corrected chi connectivity index (χ1v) is 9.48. The molecule has 1 aliphatic heterocycles. The van der Waals surface area contributed by atoms with Crippen molar-refractivity contribution in [3.8, 4) is 34.5 Å². The van der Waals surface area contributed by atoms with Crippen molar-refractivity contribution >= 4 is 11.9 Å². The fourth-order valence-electron chi connectivity index (χ4n) is 3.01. The molecule has 1 heterocycles. The highest BCUT2D eigenvalue weighted by atomic mass is 16.7. The van der Waals surface area contributed by atoms with Crippen molar-refractivity contribution in [2.24, 2.45) is 0 Å². The van der Waals surface area contributed by atoms with Crippen LogP contribution in [0.15, 0.2) is 24.3 Å². The predicted octanol–water partition coefficient (Wildman–Crippen LogP) is -1.26. The summed E-state index contributed by atoms with van der Waals surface area (Å²) < 4.78 is 15.0. The standard InChI is InChI=1S/C20H20O14/c21-8-1-6(2-9(22)13(8)25)18(30)32-5-12-15(27)16(28)17(29)20(33-12)34-19(31)7-3-10(23)14(26)11(24)4-7/h1-4,12,15-17,20-29H,5H2/t12-,15-,16-,17-,20-/m0/s1. The Labute approximate surface area is 189 Å². The Hall–Kier alpha value is -3.98. The van der Waals surface area contributed by atoms with E-state index in [-0.39, 0.29) is 5.56 Å².